The minimum absolute atomic E-state index is 0.0892. The monoisotopic (exact) mass is 285 g/mol. The van der Waals surface area contributed by atoms with Crippen molar-refractivity contribution in [2.45, 2.75) is 0 Å². The second-order valence-corrected chi connectivity index (χ2v) is 4.83. The molecule has 3 nitrogen and oxygen atoms in total. The van der Waals surface area contributed by atoms with Crippen molar-refractivity contribution in [2.75, 3.05) is 0 Å². The van der Waals surface area contributed by atoms with Crippen LogP contribution in [0.2, 0.25) is 0 Å². The number of fused-ring (bicyclic) bond motifs is 3. The van der Waals surface area contributed by atoms with Gasteiger partial charge in [0.15, 0.2) is 5.58 Å². The Balaban J connectivity index is 1.97. The number of halogens is 2. The zero-order valence-electron chi connectivity index (χ0n) is 10.9. The Bertz CT molecular complexity index is 858. The van der Waals surface area contributed by atoms with Crippen molar-refractivity contribution in [2.24, 2.45) is 0 Å². The molecule has 1 aliphatic heterocycles. The highest BCUT2D eigenvalue weighted by atomic mass is 19.3. The quantitative estimate of drug-likeness (QED) is 0.640. The first-order valence-corrected chi connectivity index (χ1v) is 6.56. The van der Waals surface area contributed by atoms with Gasteiger partial charge in [0.1, 0.15) is 0 Å². The Morgan fingerprint density at radius 2 is 1.62 bits per heavy atom. The third-order valence-electron chi connectivity index (χ3n) is 3.46. The average Bonchev–Trinajstić information content (AvgIpc) is 2.86. The van der Waals surface area contributed by atoms with Crippen molar-refractivity contribution < 1.29 is 22.2 Å². The fourth-order valence-electron chi connectivity index (χ4n) is 2.54. The van der Waals surface area contributed by atoms with E-state index in [1.165, 1.54) is 6.08 Å². The van der Waals surface area contributed by atoms with Gasteiger partial charge in [-0.2, -0.15) is 0 Å². The number of benzene rings is 2. The largest absolute Gasteiger partial charge is 0.837 e. The summed E-state index contributed by atoms with van der Waals surface area (Å²) in [4.78, 5) is 0. The molecule has 0 fully saturated rings. The van der Waals surface area contributed by atoms with Gasteiger partial charge in [-0.25, -0.2) is 0 Å². The predicted octanol–water partition coefficient (Wildman–Crippen LogP) is 3.47. The van der Waals surface area contributed by atoms with Gasteiger partial charge in [0.25, 0.3) is 0 Å². The van der Waals surface area contributed by atoms with Gasteiger partial charge in [-0.15, -0.1) is 0 Å². The molecule has 3 aromatic rings. The lowest BCUT2D eigenvalue weighted by Gasteiger charge is -2.25. The summed E-state index contributed by atoms with van der Waals surface area (Å²) < 4.78 is 40.1. The molecule has 21 heavy (non-hydrogen) atoms. The lowest BCUT2D eigenvalue weighted by Crippen LogP contribution is -2.62. The fraction of sp³-hybridized carbons (Fsp3) is 0. The van der Waals surface area contributed by atoms with Gasteiger partial charge in [-0.05, 0) is 6.07 Å². The maximum Gasteiger partial charge on any atom is 0.837 e. The molecule has 0 saturated heterocycles. The van der Waals surface area contributed by atoms with Crippen LogP contribution in [0.25, 0.3) is 22.9 Å². The molecule has 0 aliphatic carbocycles. The molecular formula is C15H10BF2NO2. The number of para-hydroxylation sites is 2. The van der Waals surface area contributed by atoms with Crippen LogP contribution in [0.4, 0.5) is 8.63 Å². The molecule has 0 amide bonds. The first kappa shape index (κ1) is 12.1. The van der Waals surface area contributed by atoms with E-state index in [2.05, 4.69) is 0 Å². The number of hydrogen-bond acceptors (Lipinski definition) is 2. The molecule has 0 spiro atoms. The summed E-state index contributed by atoms with van der Waals surface area (Å²) in [6, 6.07) is 15.5. The van der Waals surface area contributed by atoms with Gasteiger partial charge in [-0.3, -0.25) is 4.48 Å². The minimum atomic E-state index is -4.23. The van der Waals surface area contributed by atoms with E-state index in [0.29, 0.717) is 16.7 Å². The Morgan fingerprint density at radius 1 is 0.905 bits per heavy atom. The van der Waals surface area contributed by atoms with Gasteiger partial charge in [0.2, 0.25) is 5.52 Å². The smallest absolute Gasteiger partial charge is 0.599 e. The summed E-state index contributed by atoms with van der Waals surface area (Å²) in [6.07, 6.45) is 1.49. The van der Waals surface area contributed by atoms with Crippen molar-refractivity contribution in [1.29, 1.82) is 0 Å². The number of oxazole rings is 1. The first-order chi connectivity index (χ1) is 10.1. The molecule has 0 N–H and O–H groups in total. The fourth-order valence-corrected chi connectivity index (χ4v) is 2.54. The molecule has 6 heteroatoms. The third kappa shape index (κ3) is 1.83. The number of nitrogens with zero attached hydrogens (tertiary/aromatic N) is 1. The molecule has 1 aromatic heterocycles. The molecule has 0 bridgehead atoms. The molecule has 0 unspecified atom stereocenters. The van der Waals surface area contributed by atoms with Crippen LogP contribution in [-0.2, 0) is 4.65 Å². The molecule has 1 aliphatic rings. The van der Waals surface area contributed by atoms with Crippen molar-refractivity contribution in [1.82, 2.24) is 0 Å². The Labute approximate surface area is 119 Å². The lowest BCUT2D eigenvalue weighted by molar-refractivity contribution is -0.562. The van der Waals surface area contributed by atoms with E-state index in [9.17, 15) is 8.63 Å². The van der Waals surface area contributed by atoms with Crippen LogP contribution in [0.1, 0.15) is 11.5 Å². The Hall–Kier alpha value is -2.63. The molecule has 4 rings (SSSR count). The molecular weight excluding hydrogens is 275 g/mol. The third-order valence-corrected chi connectivity index (χ3v) is 3.46. The van der Waals surface area contributed by atoms with E-state index in [1.807, 2.05) is 6.07 Å². The van der Waals surface area contributed by atoms with Crippen molar-refractivity contribution in [3.63, 3.8) is 0 Å². The second kappa shape index (κ2) is 4.18. The van der Waals surface area contributed by atoms with E-state index in [1.54, 1.807) is 48.5 Å². The highest BCUT2D eigenvalue weighted by molar-refractivity contribution is 6.51. The van der Waals surface area contributed by atoms with Crippen LogP contribution >= 0.6 is 0 Å². The van der Waals surface area contributed by atoms with E-state index in [4.69, 9.17) is 9.07 Å². The Kier molecular flexibility index (Phi) is 2.42. The second-order valence-electron chi connectivity index (χ2n) is 4.83. The number of hydrogen-bond donors (Lipinski definition) is 0. The average molecular weight is 285 g/mol. The molecule has 104 valence electrons. The summed E-state index contributed by atoms with van der Waals surface area (Å²) in [5, 5.41) is 0. The lowest BCUT2D eigenvalue weighted by atomic mass is 10.0. The van der Waals surface area contributed by atoms with Crippen LogP contribution < -0.4 is 4.48 Å². The van der Waals surface area contributed by atoms with Crippen LogP contribution in [-0.4, -0.2) is 7.04 Å². The highest BCUT2D eigenvalue weighted by Gasteiger charge is 2.52. The summed E-state index contributed by atoms with van der Waals surface area (Å²) in [7, 11) is -4.23. The van der Waals surface area contributed by atoms with Crippen LogP contribution in [0.5, 0.6) is 0 Å². The van der Waals surface area contributed by atoms with Gasteiger partial charge in [0.05, 0.1) is 11.8 Å². The first-order valence-electron chi connectivity index (χ1n) is 6.56. The number of rotatable bonds is 1. The van der Waals surface area contributed by atoms with Gasteiger partial charge in [0, 0.05) is 11.6 Å². The molecule has 2 aromatic carbocycles. The topological polar surface area (TPSA) is 26.2 Å². The molecule has 0 atom stereocenters. The molecule has 2 heterocycles. The van der Waals surface area contributed by atoms with E-state index >= 15 is 0 Å². The molecule has 0 radical (unpaired) electrons. The Morgan fingerprint density at radius 3 is 2.43 bits per heavy atom. The SMILES string of the molecule is F[B-]1(F)OC(c2ccccc2)=Cc2oc3ccccc3[n+]21. The normalized spacial score (nSPS) is 16.2. The summed E-state index contributed by atoms with van der Waals surface area (Å²) in [6.45, 7) is 0. The number of aromatic nitrogens is 1. The van der Waals surface area contributed by atoms with Crippen LogP contribution in [0.15, 0.2) is 59.0 Å². The summed E-state index contributed by atoms with van der Waals surface area (Å²) >= 11 is 0. The zero-order chi connectivity index (χ0) is 14.4. The standard InChI is InChI=1S/C15H10BF2NO2/c17-16(18)19-12-8-4-5-9-13(12)20-15(19)10-14(21-16)11-6-2-1-3-7-11/h1-10H. The van der Waals surface area contributed by atoms with Gasteiger partial charge in [-0.1, -0.05) is 42.5 Å². The maximum atomic E-state index is 14.4. The highest BCUT2D eigenvalue weighted by Crippen LogP contribution is 2.30. The zero-order valence-corrected chi connectivity index (χ0v) is 10.9. The van der Waals surface area contributed by atoms with Gasteiger partial charge < -0.3 is 17.7 Å². The van der Waals surface area contributed by atoms with E-state index in [-0.39, 0.29) is 11.6 Å². The van der Waals surface area contributed by atoms with E-state index in [0.717, 1.165) is 4.48 Å². The van der Waals surface area contributed by atoms with Crippen molar-refractivity contribution >= 4 is 30.0 Å². The van der Waals surface area contributed by atoms with Crippen LogP contribution in [0, 0.1) is 0 Å². The minimum Gasteiger partial charge on any atom is -0.599 e. The predicted molar refractivity (Wildman–Crippen MR) is 75.2 cm³/mol. The van der Waals surface area contributed by atoms with Crippen LogP contribution in [0.3, 0.4) is 0 Å². The van der Waals surface area contributed by atoms with E-state index < -0.39 is 7.04 Å². The van der Waals surface area contributed by atoms with Gasteiger partial charge >= 0.3 is 12.9 Å². The summed E-state index contributed by atoms with van der Waals surface area (Å²) in [5.41, 5.74) is 1.31. The maximum absolute atomic E-state index is 14.4. The summed E-state index contributed by atoms with van der Waals surface area (Å²) in [5.74, 6) is 0.200. The van der Waals surface area contributed by atoms with Crippen molar-refractivity contribution in [3.05, 3.63) is 66.1 Å². The molecule has 0 saturated carbocycles. The van der Waals surface area contributed by atoms with Crippen molar-refractivity contribution in [3.8, 4) is 0 Å².